The molecule has 12 nitrogen and oxygen atoms in total. The van der Waals surface area contributed by atoms with E-state index in [2.05, 4.69) is 43.5 Å². The molecule has 0 saturated heterocycles. The van der Waals surface area contributed by atoms with Crippen molar-refractivity contribution in [3.63, 3.8) is 0 Å². The standard InChI is InChI=1S/C25H33N7O5S2/c1-39-7-6-19(23(34)32-21(12-38)25(36)37)30-24(35)20(9-15-11-27-13-29-15)31-22(33)17(26)8-14-10-28-18-5-3-2-4-16(14)18/h2-5,10-11,13,17,19-21,28,38H,6-9,12,26H2,1H3,(H,27,29)(H,30,35)(H,31,33)(H,32,34)(H,36,37). The van der Waals surface area contributed by atoms with Gasteiger partial charge >= 0.3 is 5.97 Å². The van der Waals surface area contributed by atoms with E-state index in [1.54, 1.807) is 6.20 Å². The quantitative estimate of drug-likeness (QED) is 0.118. The van der Waals surface area contributed by atoms with E-state index in [-0.39, 0.29) is 25.0 Å². The number of amides is 3. The molecule has 14 heteroatoms. The number of aliphatic carboxylic acids is 1. The number of H-pyrrole nitrogens is 2. The Labute approximate surface area is 235 Å². The molecular formula is C25H33N7O5S2. The van der Waals surface area contributed by atoms with Crippen LogP contribution in [-0.4, -0.2) is 85.7 Å². The molecule has 0 saturated carbocycles. The molecule has 0 aliphatic carbocycles. The summed E-state index contributed by atoms with van der Waals surface area (Å²) in [5.74, 6) is -2.62. The number of benzene rings is 1. The first kappa shape index (κ1) is 30.1. The third kappa shape index (κ3) is 8.50. The van der Waals surface area contributed by atoms with Gasteiger partial charge in [-0.25, -0.2) is 9.78 Å². The summed E-state index contributed by atoms with van der Waals surface area (Å²) in [5.41, 5.74) is 8.61. The van der Waals surface area contributed by atoms with Crippen molar-refractivity contribution in [2.45, 2.75) is 43.4 Å². The maximum absolute atomic E-state index is 13.4. The number of aromatic amines is 2. The first-order valence-corrected chi connectivity index (χ1v) is 14.3. The number of aromatic nitrogens is 3. The number of nitrogens with one attached hydrogen (secondary N) is 5. The van der Waals surface area contributed by atoms with Crippen molar-refractivity contribution in [3.05, 3.63) is 54.2 Å². The maximum atomic E-state index is 13.4. The van der Waals surface area contributed by atoms with Crippen LogP contribution in [0.1, 0.15) is 17.7 Å². The van der Waals surface area contributed by atoms with E-state index in [1.165, 1.54) is 24.3 Å². The molecule has 3 aromatic rings. The number of thioether (sulfide) groups is 1. The number of hydrogen-bond donors (Lipinski definition) is 8. The summed E-state index contributed by atoms with van der Waals surface area (Å²) in [4.78, 5) is 60.7. The number of nitrogens with zero attached hydrogens (tertiary/aromatic N) is 1. The number of hydrogen-bond acceptors (Lipinski definition) is 8. The first-order chi connectivity index (χ1) is 18.7. The Morgan fingerprint density at radius 2 is 1.72 bits per heavy atom. The average molecular weight is 576 g/mol. The fourth-order valence-corrected chi connectivity index (χ4v) is 4.69. The van der Waals surface area contributed by atoms with Crippen LogP contribution < -0.4 is 21.7 Å². The summed E-state index contributed by atoms with van der Waals surface area (Å²) in [5, 5.41) is 18.0. The molecule has 2 heterocycles. The zero-order valence-corrected chi connectivity index (χ0v) is 23.1. The Morgan fingerprint density at radius 3 is 2.38 bits per heavy atom. The van der Waals surface area contributed by atoms with Gasteiger partial charge in [-0.15, -0.1) is 0 Å². The fourth-order valence-electron chi connectivity index (χ4n) is 3.97. The number of nitrogens with two attached hydrogens (primary N) is 1. The molecule has 0 spiro atoms. The number of carboxylic acids is 1. The van der Waals surface area contributed by atoms with Gasteiger partial charge in [0.25, 0.3) is 0 Å². The van der Waals surface area contributed by atoms with Gasteiger partial charge in [0, 0.05) is 41.2 Å². The van der Waals surface area contributed by atoms with Crippen LogP contribution in [0, 0.1) is 0 Å². The largest absolute Gasteiger partial charge is 0.480 e. The Kier molecular flexibility index (Phi) is 11.3. The highest BCUT2D eigenvalue weighted by molar-refractivity contribution is 7.98. The SMILES string of the molecule is CSCCC(NC(=O)C(Cc1cnc[nH]1)NC(=O)C(N)Cc1c[nH]c2ccccc12)C(=O)NC(CS)C(=O)O. The van der Waals surface area contributed by atoms with Gasteiger partial charge in [0.1, 0.15) is 18.1 Å². The van der Waals surface area contributed by atoms with Crippen molar-refractivity contribution in [2.75, 3.05) is 17.8 Å². The third-order valence-electron chi connectivity index (χ3n) is 6.10. The Bertz CT molecular complexity index is 1270. The van der Waals surface area contributed by atoms with E-state index in [1.807, 2.05) is 30.5 Å². The highest BCUT2D eigenvalue weighted by atomic mass is 32.2. The average Bonchev–Trinajstić information content (AvgIpc) is 3.58. The van der Waals surface area contributed by atoms with E-state index in [0.717, 1.165) is 16.5 Å². The summed E-state index contributed by atoms with van der Waals surface area (Å²) in [6.45, 7) is 0. The molecule has 4 unspecified atom stereocenters. The predicted octanol–water partition coefficient (Wildman–Crippen LogP) is 0.225. The Balaban J connectivity index is 1.73. The van der Waals surface area contributed by atoms with Crippen molar-refractivity contribution in [1.82, 2.24) is 30.9 Å². The van der Waals surface area contributed by atoms with Crippen molar-refractivity contribution in [1.29, 1.82) is 0 Å². The Hall–Kier alpha value is -3.49. The second-order valence-corrected chi connectivity index (χ2v) is 10.3. The van der Waals surface area contributed by atoms with E-state index < -0.39 is 47.9 Å². The van der Waals surface area contributed by atoms with Crippen LogP contribution in [-0.2, 0) is 32.0 Å². The minimum Gasteiger partial charge on any atom is -0.480 e. The van der Waals surface area contributed by atoms with Gasteiger partial charge in [-0.2, -0.15) is 24.4 Å². The van der Waals surface area contributed by atoms with Crippen LogP contribution in [0.4, 0.5) is 0 Å². The minimum atomic E-state index is -1.23. The van der Waals surface area contributed by atoms with E-state index in [9.17, 15) is 24.3 Å². The molecule has 0 bridgehead atoms. The normalized spacial score (nSPS) is 14.2. The topological polar surface area (TPSA) is 195 Å². The molecule has 210 valence electrons. The molecular weight excluding hydrogens is 542 g/mol. The van der Waals surface area contributed by atoms with Gasteiger partial charge in [-0.3, -0.25) is 14.4 Å². The summed E-state index contributed by atoms with van der Waals surface area (Å²) < 4.78 is 0. The zero-order valence-electron chi connectivity index (χ0n) is 21.3. The van der Waals surface area contributed by atoms with E-state index >= 15 is 0 Å². The first-order valence-electron chi connectivity index (χ1n) is 12.2. The number of para-hydroxylation sites is 1. The maximum Gasteiger partial charge on any atom is 0.327 e. The predicted molar refractivity (Wildman–Crippen MR) is 153 cm³/mol. The molecule has 2 aromatic heterocycles. The van der Waals surface area contributed by atoms with Crippen LogP contribution in [0.5, 0.6) is 0 Å². The lowest BCUT2D eigenvalue weighted by molar-refractivity contribution is -0.141. The second-order valence-electron chi connectivity index (χ2n) is 8.94. The minimum absolute atomic E-state index is 0.0721. The van der Waals surface area contributed by atoms with Crippen molar-refractivity contribution >= 4 is 59.0 Å². The smallest absolute Gasteiger partial charge is 0.327 e. The number of fused-ring (bicyclic) bond motifs is 1. The fraction of sp³-hybridized carbons (Fsp3) is 0.400. The van der Waals surface area contributed by atoms with E-state index in [4.69, 9.17) is 5.73 Å². The van der Waals surface area contributed by atoms with Gasteiger partial charge < -0.3 is 36.8 Å². The summed E-state index contributed by atoms with van der Waals surface area (Å²) >= 11 is 5.44. The van der Waals surface area contributed by atoms with Gasteiger partial charge in [-0.05, 0) is 36.5 Å². The molecule has 39 heavy (non-hydrogen) atoms. The Morgan fingerprint density at radius 1 is 1.03 bits per heavy atom. The van der Waals surface area contributed by atoms with Gasteiger partial charge in [0.15, 0.2) is 0 Å². The molecule has 3 rings (SSSR count). The summed E-state index contributed by atoms with van der Waals surface area (Å²) in [6.07, 6.45) is 7.20. The number of rotatable bonds is 15. The van der Waals surface area contributed by atoms with E-state index in [0.29, 0.717) is 11.4 Å². The number of carbonyl (C=O) groups excluding carboxylic acids is 3. The van der Waals surface area contributed by atoms with Crippen LogP contribution in [0.3, 0.4) is 0 Å². The zero-order chi connectivity index (χ0) is 28.4. The number of carbonyl (C=O) groups is 4. The monoisotopic (exact) mass is 575 g/mol. The lowest BCUT2D eigenvalue weighted by atomic mass is 10.0. The van der Waals surface area contributed by atoms with Crippen molar-refractivity contribution < 1.29 is 24.3 Å². The molecule has 0 radical (unpaired) electrons. The lowest BCUT2D eigenvalue weighted by Crippen LogP contribution is -2.58. The highest BCUT2D eigenvalue weighted by Crippen LogP contribution is 2.19. The van der Waals surface area contributed by atoms with Crippen LogP contribution in [0.2, 0.25) is 0 Å². The third-order valence-corrected chi connectivity index (χ3v) is 7.11. The van der Waals surface area contributed by atoms with Crippen molar-refractivity contribution in [3.8, 4) is 0 Å². The molecule has 0 aliphatic heterocycles. The molecule has 0 aliphatic rings. The molecule has 8 N–H and O–H groups in total. The highest BCUT2D eigenvalue weighted by Gasteiger charge is 2.30. The van der Waals surface area contributed by atoms with Crippen LogP contribution in [0.15, 0.2) is 43.0 Å². The molecule has 4 atom stereocenters. The second kappa shape index (κ2) is 14.6. The van der Waals surface area contributed by atoms with Gasteiger partial charge in [-0.1, -0.05) is 18.2 Å². The van der Waals surface area contributed by atoms with Crippen molar-refractivity contribution in [2.24, 2.45) is 5.73 Å². The summed E-state index contributed by atoms with van der Waals surface area (Å²) in [7, 11) is 0. The van der Waals surface area contributed by atoms with Crippen LogP contribution in [0.25, 0.3) is 10.9 Å². The summed E-state index contributed by atoms with van der Waals surface area (Å²) in [6, 6.07) is 3.41. The molecule has 0 fully saturated rings. The van der Waals surface area contributed by atoms with Gasteiger partial charge in [0.2, 0.25) is 17.7 Å². The lowest BCUT2D eigenvalue weighted by Gasteiger charge is -2.25. The number of thiol groups is 1. The number of imidazole rings is 1. The number of carboxylic acid groups (broad SMARTS) is 1. The van der Waals surface area contributed by atoms with Gasteiger partial charge in [0.05, 0.1) is 12.4 Å². The molecule has 1 aromatic carbocycles. The van der Waals surface area contributed by atoms with Crippen LogP contribution >= 0.6 is 24.4 Å². The molecule has 3 amide bonds.